The predicted octanol–water partition coefficient (Wildman–Crippen LogP) is 1.09. The molecule has 2 aliphatic heterocycles. The van der Waals surface area contributed by atoms with Gasteiger partial charge in [-0.05, 0) is 51.2 Å². The van der Waals surface area contributed by atoms with Crippen molar-refractivity contribution >= 4 is 23.6 Å². The van der Waals surface area contributed by atoms with Crippen molar-refractivity contribution in [3.8, 4) is 5.75 Å². The Bertz CT molecular complexity index is 1110. The number of likely N-dealkylation sites (tertiary alicyclic amines) is 1. The number of aliphatic hydroxyl groups excluding tert-OH is 1. The molecule has 3 fully saturated rings. The Morgan fingerprint density at radius 2 is 1.90 bits per heavy atom. The summed E-state index contributed by atoms with van der Waals surface area (Å²) in [5.41, 5.74) is 0.0231. The lowest BCUT2D eigenvalue weighted by atomic mass is 10.0. The van der Waals surface area contributed by atoms with Crippen molar-refractivity contribution in [3.05, 3.63) is 29.8 Å². The van der Waals surface area contributed by atoms with Crippen molar-refractivity contribution in [1.82, 2.24) is 20.4 Å². The molecule has 11 nitrogen and oxygen atoms in total. The summed E-state index contributed by atoms with van der Waals surface area (Å²) in [6.45, 7) is 8.81. The number of carbonyl (C=O) groups excluding carboxylic acids is 4. The molecule has 220 valence electrons. The summed E-state index contributed by atoms with van der Waals surface area (Å²) in [6, 6.07) is 4.72. The van der Waals surface area contributed by atoms with Crippen LogP contribution in [0.15, 0.2) is 24.3 Å². The molecule has 0 unspecified atom stereocenters. The second-order valence-corrected chi connectivity index (χ2v) is 11.9. The van der Waals surface area contributed by atoms with Crippen LogP contribution in [0.5, 0.6) is 5.75 Å². The molecule has 4 rings (SSSR count). The zero-order valence-electron chi connectivity index (χ0n) is 23.9. The Morgan fingerprint density at radius 3 is 2.58 bits per heavy atom. The SMILES string of the molecule is CC(C)C[C@@H](NC(=O)c1ccccc1OCC(=O)NC1(C)CC1)C(=O)N1C[C@@H](O)C[C@@H]1C(=O)N1CCOC[C@@H]1C. The zero-order chi connectivity index (χ0) is 29.0. The quantitative estimate of drug-likeness (QED) is 0.391. The van der Waals surface area contributed by atoms with E-state index >= 15 is 0 Å². The van der Waals surface area contributed by atoms with E-state index in [1.54, 1.807) is 29.2 Å². The highest BCUT2D eigenvalue weighted by atomic mass is 16.5. The van der Waals surface area contributed by atoms with E-state index in [4.69, 9.17) is 9.47 Å². The van der Waals surface area contributed by atoms with Gasteiger partial charge in [-0.3, -0.25) is 19.2 Å². The molecule has 40 heavy (non-hydrogen) atoms. The number of hydrogen-bond acceptors (Lipinski definition) is 7. The van der Waals surface area contributed by atoms with Crippen molar-refractivity contribution in [1.29, 1.82) is 0 Å². The van der Waals surface area contributed by atoms with Crippen molar-refractivity contribution < 1.29 is 33.8 Å². The van der Waals surface area contributed by atoms with Crippen LogP contribution in [0, 0.1) is 5.92 Å². The van der Waals surface area contributed by atoms with Crippen LogP contribution in [0.3, 0.4) is 0 Å². The van der Waals surface area contributed by atoms with E-state index in [2.05, 4.69) is 10.6 Å². The van der Waals surface area contributed by atoms with Crippen LogP contribution in [-0.2, 0) is 19.1 Å². The average Bonchev–Trinajstić information content (AvgIpc) is 3.50. The van der Waals surface area contributed by atoms with Gasteiger partial charge in [-0.15, -0.1) is 0 Å². The van der Waals surface area contributed by atoms with Gasteiger partial charge in [-0.1, -0.05) is 26.0 Å². The maximum absolute atomic E-state index is 13.8. The molecule has 3 aliphatic rings. The third kappa shape index (κ3) is 7.31. The largest absolute Gasteiger partial charge is 0.483 e. The van der Waals surface area contributed by atoms with Crippen molar-refractivity contribution in [2.24, 2.45) is 5.92 Å². The van der Waals surface area contributed by atoms with Crippen LogP contribution in [0.25, 0.3) is 0 Å². The molecule has 4 amide bonds. The van der Waals surface area contributed by atoms with Crippen molar-refractivity contribution in [2.45, 2.75) is 83.1 Å². The number of amides is 4. The van der Waals surface area contributed by atoms with E-state index in [1.165, 1.54) is 4.90 Å². The lowest BCUT2D eigenvalue weighted by molar-refractivity contribution is -0.150. The van der Waals surface area contributed by atoms with E-state index in [1.807, 2.05) is 27.7 Å². The predicted molar refractivity (Wildman–Crippen MR) is 147 cm³/mol. The summed E-state index contributed by atoms with van der Waals surface area (Å²) < 4.78 is 11.1. The highest BCUT2D eigenvalue weighted by Crippen LogP contribution is 2.34. The fraction of sp³-hybridized carbons (Fsp3) is 0.655. The molecular weight excluding hydrogens is 516 g/mol. The molecule has 0 radical (unpaired) electrons. The van der Waals surface area contributed by atoms with E-state index in [9.17, 15) is 24.3 Å². The number of β-amino-alcohol motifs (C(OH)–C–C–N with tert-alkyl or cyclic N) is 1. The molecular formula is C29H42N4O7. The number of para-hydroxylation sites is 1. The molecule has 0 bridgehead atoms. The molecule has 2 saturated heterocycles. The van der Waals surface area contributed by atoms with Gasteiger partial charge in [0.15, 0.2) is 6.61 Å². The summed E-state index contributed by atoms with van der Waals surface area (Å²) in [6.07, 6.45) is 1.51. The highest BCUT2D eigenvalue weighted by molar-refractivity contribution is 6.00. The third-order valence-electron chi connectivity index (χ3n) is 7.74. The molecule has 1 aliphatic carbocycles. The van der Waals surface area contributed by atoms with Gasteiger partial charge in [-0.2, -0.15) is 0 Å². The Labute approximate surface area is 235 Å². The van der Waals surface area contributed by atoms with Crippen LogP contribution in [0.1, 0.15) is 63.7 Å². The zero-order valence-corrected chi connectivity index (χ0v) is 23.9. The first-order chi connectivity index (χ1) is 19.0. The summed E-state index contributed by atoms with van der Waals surface area (Å²) >= 11 is 0. The minimum atomic E-state index is -0.915. The second kappa shape index (κ2) is 12.6. The number of ether oxygens (including phenoxy) is 2. The molecule has 0 spiro atoms. The fourth-order valence-corrected chi connectivity index (χ4v) is 5.28. The Kier molecular flexibility index (Phi) is 9.35. The van der Waals surface area contributed by atoms with Gasteiger partial charge in [0.2, 0.25) is 11.8 Å². The molecule has 1 saturated carbocycles. The van der Waals surface area contributed by atoms with Gasteiger partial charge < -0.3 is 35.0 Å². The molecule has 0 aromatic heterocycles. The normalized spacial score (nSPS) is 24.4. The number of nitrogens with zero attached hydrogens (tertiary/aromatic N) is 2. The summed E-state index contributed by atoms with van der Waals surface area (Å²) in [4.78, 5) is 56.1. The Balaban J connectivity index is 1.47. The van der Waals surface area contributed by atoms with Gasteiger partial charge in [-0.25, -0.2) is 0 Å². The van der Waals surface area contributed by atoms with Crippen LogP contribution >= 0.6 is 0 Å². The maximum atomic E-state index is 13.8. The lowest BCUT2D eigenvalue weighted by Gasteiger charge is -2.37. The van der Waals surface area contributed by atoms with Crippen LogP contribution in [0.4, 0.5) is 0 Å². The van der Waals surface area contributed by atoms with E-state index in [0.29, 0.717) is 26.2 Å². The maximum Gasteiger partial charge on any atom is 0.258 e. The number of benzene rings is 1. The molecule has 11 heteroatoms. The van der Waals surface area contributed by atoms with Crippen LogP contribution in [0.2, 0.25) is 0 Å². The first-order valence-electron chi connectivity index (χ1n) is 14.2. The van der Waals surface area contributed by atoms with Gasteiger partial charge in [0.25, 0.3) is 11.8 Å². The summed E-state index contributed by atoms with van der Waals surface area (Å²) in [5, 5.41) is 16.2. The number of aliphatic hydroxyl groups is 1. The number of rotatable bonds is 10. The van der Waals surface area contributed by atoms with Gasteiger partial charge in [0, 0.05) is 25.0 Å². The van der Waals surface area contributed by atoms with Gasteiger partial charge in [0.05, 0.1) is 30.9 Å². The average molecular weight is 559 g/mol. The molecule has 2 heterocycles. The van der Waals surface area contributed by atoms with Crippen molar-refractivity contribution in [3.63, 3.8) is 0 Å². The monoisotopic (exact) mass is 558 g/mol. The lowest BCUT2D eigenvalue weighted by Crippen LogP contribution is -2.57. The smallest absolute Gasteiger partial charge is 0.258 e. The number of carbonyl (C=O) groups is 4. The van der Waals surface area contributed by atoms with Gasteiger partial charge >= 0.3 is 0 Å². The van der Waals surface area contributed by atoms with E-state index in [-0.39, 0.29) is 60.2 Å². The van der Waals surface area contributed by atoms with Crippen LogP contribution in [-0.4, -0.2) is 101 Å². The Hall–Kier alpha value is -3.18. The number of hydrogen-bond donors (Lipinski definition) is 3. The molecule has 1 aromatic rings. The third-order valence-corrected chi connectivity index (χ3v) is 7.74. The summed E-state index contributed by atoms with van der Waals surface area (Å²) in [7, 11) is 0. The molecule has 1 aromatic carbocycles. The first-order valence-corrected chi connectivity index (χ1v) is 14.2. The standard InChI is InChI=1S/C29H42N4O7/c1-18(2)13-22(27(37)33-15-20(34)14-23(33)28(38)32-11-12-39-16-19(32)3)30-26(36)21-7-5-6-8-24(21)40-17-25(35)31-29(4)9-10-29/h5-8,18-20,22-23,34H,9-17H2,1-4H3,(H,30,36)(H,31,35)/t19-,20-,22+,23+/m0/s1. The summed E-state index contributed by atoms with van der Waals surface area (Å²) in [5.74, 6) is -1.11. The van der Waals surface area contributed by atoms with E-state index < -0.39 is 30.0 Å². The minimum Gasteiger partial charge on any atom is -0.483 e. The highest BCUT2D eigenvalue weighted by Gasteiger charge is 2.44. The first kappa shape index (κ1) is 29.8. The molecule has 3 N–H and O–H groups in total. The minimum absolute atomic E-state index is 0.0200. The van der Waals surface area contributed by atoms with Crippen molar-refractivity contribution in [2.75, 3.05) is 32.9 Å². The number of morpholine rings is 1. The fourth-order valence-electron chi connectivity index (χ4n) is 5.28. The number of nitrogens with one attached hydrogen (secondary N) is 2. The van der Waals surface area contributed by atoms with Gasteiger partial charge in [0.1, 0.15) is 17.8 Å². The topological polar surface area (TPSA) is 138 Å². The Morgan fingerprint density at radius 1 is 1.18 bits per heavy atom. The van der Waals surface area contributed by atoms with E-state index in [0.717, 1.165) is 12.8 Å². The van der Waals surface area contributed by atoms with Crippen LogP contribution < -0.4 is 15.4 Å². The second-order valence-electron chi connectivity index (χ2n) is 11.9. The molecule has 4 atom stereocenters.